The van der Waals surface area contributed by atoms with E-state index in [0.29, 0.717) is 43.2 Å². The molecule has 7 heteroatoms. The summed E-state index contributed by atoms with van der Waals surface area (Å²) in [5, 5.41) is 0. The van der Waals surface area contributed by atoms with Gasteiger partial charge in [0, 0.05) is 25.8 Å². The van der Waals surface area contributed by atoms with Crippen molar-refractivity contribution >= 4 is 17.1 Å². The van der Waals surface area contributed by atoms with Crippen LogP contribution in [0.15, 0.2) is 53.1 Å². The lowest BCUT2D eigenvalue weighted by Crippen LogP contribution is -2.45. The molecular weight excluding hydrogens is 356 g/mol. The van der Waals surface area contributed by atoms with Crippen molar-refractivity contribution in [3.8, 4) is 0 Å². The van der Waals surface area contributed by atoms with Crippen molar-refractivity contribution in [3.63, 3.8) is 0 Å². The first-order valence-corrected chi connectivity index (χ1v) is 9.64. The fourth-order valence-electron chi connectivity index (χ4n) is 4.11. The van der Waals surface area contributed by atoms with E-state index in [1.54, 1.807) is 6.20 Å². The first-order valence-electron chi connectivity index (χ1n) is 9.64. The molecule has 0 aliphatic carbocycles. The second-order valence-corrected chi connectivity index (χ2v) is 7.36. The van der Waals surface area contributed by atoms with Crippen LogP contribution in [0, 0.1) is 0 Å². The monoisotopic (exact) mass is 378 g/mol. The molecule has 2 fully saturated rings. The summed E-state index contributed by atoms with van der Waals surface area (Å²) in [6, 6.07) is 13.9. The number of nitrogens with zero attached hydrogens (tertiary/aromatic N) is 4. The van der Waals surface area contributed by atoms with Crippen LogP contribution in [0.3, 0.4) is 0 Å². The van der Waals surface area contributed by atoms with Crippen LogP contribution in [0.2, 0.25) is 0 Å². The molecule has 2 aliphatic rings. The summed E-state index contributed by atoms with van der Waals surface area (Å²) in [4.78, 5) is 25.7. The predicted molar refractivity (Wildman–Crippen MR) is 102 cm³/mol. The lowest BCUT2D eigenvalue weighted by molar-refractivity contribution is -0.133. The molecule has 2 saturated heterocycles. The summed E-state index contributed by atoms with van der Waals surface area (Å²) < 4.78 is 11.8. The summed E-state index contributed by atoms with van der Waals surface area (Å²) in [6.45, 7) is 3.18. The van der Waals surface area contributed by atoms with Gasteiger partial charge in [0.05, 0.1) is 31.7 Å². The Bertz CT molecular complexity index is 941. The first-order chi connectivity index (χ1) is 13.8. The van der Waals surface area contributed by atoms with E-state index in [0.717, 1.165) is 18.7 Å². The number of hydrogen-bond donors (Lipinski definition) is 0. The molecule has 1 amide bonds. The number of carbonyl (C=O) groups excluding carboxylic acids is 1. The van der Waals surface area contributed by atoms with E-state index in [2.05, 4.69) is 27.0 Å². The van der Waals surface area contributed by atoms with Crippen LogP contribution in [0.5, 0.6) is 0 Å². The van der Waals surface area contributed by atoms with Gasteiger partial charge in [0.1, 0.15) is 0 Å². The molecular formula is C21H22N4O3. The highest BCUT2D eigenvalue weighted by molar-refractivity contribution is 5.77. The predicted octanol–water partition coefficient (Wildman–Crippen LogP) is 2.22. The molecule has 2 aliphatic heterocycles. The molecule has 4 heterocycles. The second-order valence-electron chi connectivity index (χ2n) is 7.36. The van der Waals surface area contributed by atoms with Gasteiger partial charge >= 0.3 is 0 Å². The van der Waals surface area contributed by atoms with Crippen molar-refractivity contribution in [1.82, 2.24) is 19.8 Å². The van der Waals surface area contributed by atoms with Crippen LogP contribution < -0.4 is 0 Å². The van der Waals surface area contributed by atoms with Crippen LogP contribution >= 0.6 is 0 Å². The molecule has 2 atom stereocenters. The maximum absolute atomic E-state index is 12.7. The van der Waals surface area contributed by atoms with Crippen molar-refractivity contribution < 1.29 is 13.9 Å². The number of oxazole rings is 1. The average molecular weight is 378 g/mol. The number of benzene rings is 1. The SMILES string of the molecule is O=C1CCO[C@H]2CN(Cc3nc4ncccc4o3)C[C@@H]2N1Cc1ccccc1. The highest BCUT2D eigenvalue weighted by Crippen LogP contribution is 2.26. The van der Waals surface area contributed by atoms with Crippen LogP contribution in [0.1, 0.15) is 17.9 Å². The van der Waals surface area contributed by atoms with Gasteiger partial charge in [-0.1, -0.05) is 30.3 Å². The third-order valence-corrected chi connectivity index (χ3v) is 5.44. The van der Waals surface area contributed by atoms with Gasteiger partial charge in [0.2, 0.25) is 11.8 Å². The van der Waals surface area contributed by atoms with Crippen molar-refractivity contribution in [3.05, 3.63) is 60.1 Å². The summed E-state index contributed by atoms with van der Waals surface area (Å²) in [6.07, 6.45) is 2.16. The Morgan fingerprint density at radius 1 is 1.07 bits per heavy atom. The number of rotatable bonds is 4. The van der Waals surface area contributed by atoms with E-state index >= 15 is 0 Å². The highest BCUT2D eigenvalue weighted by atomic mass is 16.5. The van der Waals surface area contributed by atoms with Gasteiger partial charge in [-0.25, -0.2) is 4.98 Å². The van der Waals surface area contributed by atoms with E-state index in [1.165, 1.54) is 0 Å². The minimum Gasteiger partial charge on any atom is -0.438 e. The summed E-state index contributed by atoms with van der Waals surface area (Å²) in [7, 11) is 0. The zero-order chi connectivity index (χ0) is 18.9. The Balaban J connectivity index is 1.33. The van der Waals surface area contributed by atoms with Crippen LogP contribution in [-0.2, 0) is 22.6 Å². The van der Waals surface area contributed by atoms with Crippen molar-refractivity contribution in [2.45, 2.75) is 31.7 Å². The smallest absolute Gasteiger partial charge is 0.225 e. The van der Waals surface area contributed by atoms with Gasteiger partial charge in [0.15, 0.2) is 11.2 Å². The fraction of sp³-hybridized carbons (Fsp3) is 0.381. The number of ether oxygens (including phenoxy) is 1. The minimum absolute atomic E-state index is 0.0117. The standard InChI is InChI=1S/C21H22N4O3/c26-20-8-10-27-18-13-24(14-19-23-21-17(28-19)7-4-9-22-21)12-16(18)25(20)11-15-5-2-1-3-6-15/h1-7,9,16,18H,8,10-14H2/t16-,18-/m0/s1. The Kier molecular flexibility index (Phi) is 4.54. The molecule has 28 heavy (non-hydrogen) atoms. The topological polar surface area (TPSA) is 71.7 Å². The third kappa shape index (κ3) is 3.39. The van der Waals surface area contributed by atoms with Crippen molar-refractivity contribution in [2.24, 2.45) is 0 Å². The maximum atomic E-state index is 12.7. The number of fused-ring (bicyclic) bond motifs is 2. The van der Waals surface area contributed by atoms with Gasteiger partial charge in [-0.3, -0.25) is 9.69 Å². The summed E-state index contributed by atoms with van der Waals surface area (Å²) in [5.41, 5.74) is 2.46. The van der Waals surface area contributed by atoms with E-state index in [9.17, 15) is 4.79 Å². The van der Waals surface area contributed by atoms with Crippen molar-refractivity contribution in [1.29, 1.82) is 0 Å². The molecule has 0 radical (unpaired) electrons. The van der Waals surface area contributed by atoms with E-state index in [4.69, 9.17) is 9.15 Å². The van der Waals surface area contributed by atoms with Gasteiger partial charge in [-0.2, -0.15) is 4.98 Å². The molecule has 0 saturated carbocycles. The van der Waals surface area contributed by atoms with E-state index < -0.39 is 0 Å². The Labute approximate surface area is 162 Å². The largest absolute Gasteiger partial charge is 0.438 e. The van der Waals surface area contributed by atoms with Gasteiger partial charge in [-0.05, 0) is 17.7 Å². The number of pyridine rings is 1. The molecule has 0 bridgehead atoms. The maximum Gasteiger partial charge on any atom is 0.225 e. The quantitative estimate of drug-likeness (QED) is 0.693. The normalized spacial score (nSPS) is 23.1. The average Bonchev–Trinajstić information content (AvgIpc) is 3.26. The molecule has 0 unspecified atom stereocenters. The lowest BCUT2D eigenvalue weighted by Gasteiger charge is -2.29. The molecule has 0 N–H and O–H groups in total. The van der Waals surface area contributed by atoms with Crippen LogP contribution in [0.4, 0.5) is 0 Å². The van der Waals surface area contributed by atoms with Crippen LogP contribution in [-0.4, -0.2) is 57.5 Å². The Hall–Kier alpha value is -2.77. The highest BCUT2D eigenvalue weighted by Gasteiger charge is 2.41. The third-order valence-electron chi connectivity index (χ3n) is 5.44. The zero-order valence-electron chi connectivity index (χ0n) is 15.5. The number of carbonyl (C=O) groups is 1. The van der Waals surface area contributed by atoms with Crippen molar-refractivity contribution in [2.75, 3.05) is 19.7 Å². The second kappa shape index (κ2) is 7.33. The van der Waals surface area contributed by atoms with Gasteiger partial charge in [0.25, 0.3) is 0 Å². The Morgan fingerprint density at radius 2 is 1.96 bits per heavy atom. The van der Waals surface area contributed by atoms with Gasteiger partial charge in [-0.15, -0.1) is 0 Å². The molecule has 7 nitrogen and oxygen atoms in total. The number of aromatic nitrogens is 2. The molecule has 144 valence electrons. The van der Waals surface area contributed by atoms with E-state index in [1.807, 2.05) is 35.2 Å². The first kappa shape index (κ1) is 17.3. The summed E-state index contributed by atoms with van der Waals surface area (Å²) >= 11 is 0. The van der Waals surface area contributed by atoms with Crippen LogP contribution in [0.25, 0.3) is 11.2 Å². The molecule has 5 rings (SSSR count). The molecule has 1 aromatic carbocycles. The summed E-state index contributed by atoms with van der Waals surface area (Å²) in [5.74, 6) is 0.801. The van der Waals surface area contributed by atoms with Gasteiger partial charge < -0.3 is 14.1 Å². The fourth-order valence-corrected chi connectivity index (χ4v) is 4.11. The minimum atomic E-state index is 0.0117. The zero-order valence-corrected chi connectivity index (χ0v) is 15.5. The number of hydrogen-bond acceptors (Lipinski definition) is 6. The molecule has 2 aromatic heterocycles. The van der Waals surface area contributed by atoms with E-state index in [-0.39, 0.29) is 18.1 Å². The number of likely N-dealkylation sites (tertiary alicyclic amines) is 1. The molecule has 0 spiro atoms. The lowest BCUT2D eigenvalue weighted by atomic mass is 10.1. The molecule has 3 aromatic rings. The Morgan fingerprint density at radius 3 is 2.82 bits per heavy atom. The number of amides is 1.